The summed E-state index contributed by atoms with van der Waals surface area (Å²) < 4.78 is 25.6. The molecule has 0 spiro atoms. The second-order valence-corrected chi connectivity index (χ2v) is 31.5. The smallest absolute Gasteiger partial charge is 0.316 e. The SMILES string of the molecule is C[C@H](Nc1nccc2scnc12)c1cc2cccc(-c3cnc(OCc4ccccc4)nc3)c2c(=O)n1-c1ccccc1.C[C@H](Nc1nccc2scnc12)c1cc2cccc(-c3cnc4c(c3)CCCO4)c2c(=O)n1-c1ccccc1.C[C@H](Nc1nccc2scnc12)c1cc2cccc(-c3cnc4ccoc4c3)c2c(=O)n1-c1ccccc1. The average Bonchev–Trinajstić information content (AvgIpc) is 0.959. The van der Waals surface area contributed by atoms with Gasteiger partial charge in [0.1, 0.15) is 28.7 Å². The molecule has 0 saturated heterocycles. The van der Waals surface area contributed by atoms with E-state index in [2.05, 4.69) is 90.1 Å². The van der Waals surface area contributed by atoms with Crippen molar-refractivity contribution in [2.24, 2.45) is 0 Å². The van der Waals surface area contributed by atoms with Gasteiger partial charge in [0.05, 0.1) is 77.8 Å². The number of rotatable bonds is 18. The van der Waals surface area contributed by atoms with Crippen molar-refractivity contribution >= 4 is 126 Å². The number of ether oxygens (including phenoxy) is 2. The fourth-order valence-electron chi connectivity index (χ4n) is 15.5. The minimum absolute atomic E-state index is 0.0771. The molecule has 0 saturated carbocycles. The molecule has 0 bridgehead atoms. The van der Waals surface area contributed by atoms with Gasteiger partial charge in [0.15, 0.2) is 23.0 Å². The van der Waals surface area contributed by atoms with Crippen molar-refractivity contribution in [2.45, 2.75) is 58.3 Å². The first-order valence-corrected chi connectivity index (χ1v) is 41.7. The fraction of sp³-hybridized carbons (Fsp3) is 0.105. The summed E-state index contributed by atoms with van der Waals surface area (Å²) in [5.41, 5.74) is 20.9. The number of aryl methyl sites for hydroxylation is 1. The number of fused-ring (bicyclic) bond motifs is 8. The number of hydrogen-bond donors (Lipinski definition) is 3. The summed E-state index contributed by atoms with van der Waals surface area (Å²) in [7, 11) is 0. The van der Waals surface area contributed by atoms with Crippen molar-refractivity contribution in [3.63, 3.8) is 0 Å². The second kappa shape index (κ2) is 33.1. The van der Waals surface area contributed by atoms with E-state index >= 15 is 0 Å². The van der Waals surface area contributed by atoms with E-state index < -0.39 is 0 Å². The van der Waals surface area contributed by atoms with Crippen LogP contribution in [0.25, 0.3) is 125 Å². The monoisotopic (exact) mass is 1630 g/mol. The Morgan fingerprint density at radius 2 is 0.825 bits per heavy atom. The van der Waals surface area contributed by atoms with Crippen molar-refractivity contribution in [1.82, 2.24) is 63.5 Å². The number of nitrogens with zero attached hydrogens (tertiary/aromatic N) is 13. The maximum atomic E-state index is 14.4. The summed E-state index contributed by atoms with van der Waals surface area (Å²) in [4.78, 5) is 88.3. The summed E-state index contributed by atoms with van der Waals surface area (Å²) in [6, 6.07) is 74.3. The Morgan fingerprint density at radius 1 is 0.417 bits per heavy atom. The van der Waals surface area contributed by atoms with Crippen molar-refractivity contribution in [2.75, 3.05) is 22.6 Å². The zero-order chi connectivity index (χ0) is 81.2. The second-order valence-electron chi connectivity index (χ2n) is 28.8. The molecule has 3 atom stereocenters. The lowest BCUT2D eigenvalue weighted by atomic mass is 9.97. The van der Waals surface area contributed by atoms with Gasteiger partial charge in [-0.05, 0) is 157 Å². The van der Waals surface area contributed by atoms with Gasteiger partial charge in [-0.25, -0.2) is 44.9 Å². The van der Waals surface area contributed by atoms with Crippen LogP contribution in [-0.4, -0.2) is 70.1 Å². The highest BCUT2D eigenvalue weighted by Crippen LogP contribution is 2.38. The van der Waals surface area contributed by atoms with Gasteiger partial charge in [-0.1, -0.05) is 140 Å². The fourth-order valence-corrected chi connectivity index (χ4v) is 17.5. The number of aromatic nitrogens is 13. The molecule has 3 N–H and O–H groups in total. The molecule has 20 aromatic rings. The molecule has 7 aromatic carbocycles. The first-order chi connectivity index (χ1) is 59.0. The third kappa shape index (κ3) is 14.9. The van der Waals surface area contributed by atoms with Crippen LogP contribution in [0, 0.1) is 0 Å². The molecule has 14 heterocycles. The molecule has 21 rings (SSSR count). The van der Waals surface area contributed by atoms with Gasteiger partial charge in [0.2, 0.25) is 5.88 Å². The van der Waals surface area contributed by atoms with Crippen molar-refractivity contribution < 1.29 is 13.9 Å². The number of benzene rings is 7. The first kappa shape index (κ1) is 75.3. The third-order valence-corrected chi connectivity index (χ3v) is 23.6. The van der Waals surface area contributed by atoms with Gasteiger partial charge in [-0.15, -0.1) is 34.0 Å². The zero-order valence-corrected chi connectivity index (χ0v) is 67.3. The minimum Gasteiger partial charge on any atom is -0.477 e. The quantitative estimate of drug-likeness (QED) is 0.0721. The van der Waals surface area contributed by atoms with E-state index in [0.29, 0.717) is 58.3 Å². The van der Waals surface area contributed by atoms with Gasteiger partial charge < -0.3 is 29.8 Å². The summed E-state index contributed by atoms with van der Waals surface area (Å²) >= 11 is 4.71. The number of anilines is 3. The number of thiazole rings is 3. The lowest BCUT2D eigenvalue weighted by molar-refractivity contribution is 0.276. The molecule has 0 radical (unpaired) electrons. The maximum absolute atomic E-state index is 14.4. The van der Waals surface area contributed by atoms with Crippen molar-refractivity contribution in [1.29, 1.82) is 0 Å². The van der Waals surface area contributed by atoms with E-state index in [9.17, 15) is 14.4 Å². The molecule has 586 valence electrons. The lowest BCUT2D eigenvalue weighted by Gasteiger charge is -2.22. The van der Waals surface area contributed by atoms with Crippen LogP contribution >= 0.6 is 34.0 Å². The number of nitrogens with one attached hydrogen (secondary N) is 3. The number of pyridine rings is 8. The van der Waals surface area contributed by atoms with Crippen LogP contribution < -0.4 is 42.1 Å². The molecule has 0 amide bonds. The molecule has 25 heteroatoms. The normalized spacial score (nSPS) is 12.6. The van der Waals surface area contributed by atoms with Gasteiger partial charge in [0, 0.05) is 106 Å². The van der Waals surface area contributed by atoms with E-state index in [1.54, 1.807) is 91.2 Å². The van der Waals surface area contributed by atoms with Gasteiger partial charge >= 0.3 is 6.01 Å². The highest BCUT2D eigenvalue weighted by Gasteiger charge is 2.26. The van der Waals surface area contributed by atoms with Crippen LogP contribution in [0.5, 0.6) is 11.9 Å². The molecule has 22 nitrogen and oxygen atoms in total. The summed E-state index contributed by atoms with van der Waals surface area (Å²) in [6.07, 6.45) is 15.8. The third-order valence-electron chi connectivity index (χ3n) is 21.2. The molecule has 120 heavy (non-hydrogen) atoms. The van der Waals surface area contributed by atoms with Crippen LogP contribution in [0.3, 0.4) is 0 Å². The predicted molar refractivity (Wildman–Crippen MR) is 479 cm³/mol. The van der Waals surface area contributed by atoms with E-state index in [4.69, 9.17) is 13.9 Å². The Balaban J connectivity index is 0.000000119. The molecule has 0 aliphatic carbocycles. The van der Waals surface area contributed by atoms with Crippen molar-refractivity contribution in [3.8, 4) is 62.3 Å². The Bertz CT molecular complexity index is 7390. The van der Waals surface area contributed by atoms with Crippen molar-refractivity contribution in [3.05, 3.63) is 356 Å². The molecule has 13 aromatic heterocycles. The Labute approximate surface area is 697 Å². The summed E-state index contributed by atoms with van der Waals surface area (Å²) in [5.74, 6) is 2.76. The summed E-state index contributed by atoms with van der Waals surface area (Å²) in [6.45, 7) is 7.17. The van der Waals surface area contributed by atoms with E-state index in [1.165, 1.54) is 0 Å². The van der Waals surface area contributed by atoms with Crippen LogP contribution in [0.4, 0.5) is 17.5 Å². The number of furan rings is 1. The largest absolute Gasteiger partial charge is 0.477 e. The van der Waals surface area contributed by atoms with Crippen LogP contribution in [0.1, 0.15) is 73.5 Å². The van der Waals surface area contributed by atoms with E-state index in [0.717, 1.165) is 144 Å². The van der Waals surface area contributed by atoms with Gasteiger partial charge in [-0.2, -0.15) is 0 Å². The van der Waals surface area contributed by atoms with Crippen LogP contribution in [-0.2, 0) is 13.0 Å². The molecule has 0 unspecified atom stereocenters. The minimum atomic E-state index is -0.259. The lowest BCUT2D eigenvalue weighted by Crippen LogP contribution is -2.26. The van der Waals surface area contributed by atoms with E-state index in [-0.39, 0.29) is 40.8 Å². The Morgan fingerprint density at radius 3 is 1.27 bits per heavy atom. The summed E-state index contributed by atoms with van der Waals surface area (Å²) in [5, 5.41) is 15.0. The average molecular weight is 1630 g/mol. The highest BCUT2D eigenvalue weighted by molar-refractivity contribution is 7.17. The zero-order valence-electron chi connectivity index (χ0n) is 64.8. The molecule has 1 aliphatic heterocycles. The van der Waals surface area contributed by atoms with E-state index in [1.807, 2.05) is 250 Å². The topological polar surface area (TPSA) is 263 Å². The Kier molecular flexibility index (Phi) is 20.7. The number of para-hydroxylation sites is 3. The highest BCUT2D eigenvalue weighted by atomic mass is 32.1. The standard InChI is InChI=1S/C34H26N6O2S.C31H25N5O2S.C30H21N5O2S/c1-22(39-32-31-29(15-16-35-32)43-21-38-31)28-17-24-11-8-14-27(30(24)33(41)40(28)26-12-6-3-7-13-26)25-18-36-34(37-19-25)42-20-23-9-4-2-5-10-23;1-19(35-29-28-26(12-13-32-29)39-18-34-28)25-16-20-7-5-11-24(22-15-21-8-6-14-38-30(21)33-17-22)27(20)31(37)36(25)23-9-3-2-4-10-23;1-18(34-29-28-26(10-12-31-29)38-17-33-28)24-14-19-6-5-9-22(20-15-25-23(32-16-20)11-13-37-25)27(19)30(36)35(24)21-7-3-2-4-8-21/h2-19,21-22H,20H2,1H3,(H,35,39);2-5,7,9-13,15-19H,6,8,14H2,1H3,(H,32,35);2-18H,1H3,(H,31,34)/t22-;19-;18-/m000/s1. The first-order valence-electron chi connectivity index (χ1n) is 39.0. The van der Waals surface area contributed by atoms with Gasteiger partial charge in [-0.3, -0.25) is 33.1 Å². The maximum Gasteiger partial charge on any atom is 0.316 e. The predicted octanol–water partition coefficient (Wildman–Crippen LogP) is 20.7. The van der Waals surface area contributed by atoms with Gasteiger partial charge in [0.25, 0.3) is 16.7 Å². The Hall–Kier alpha value is -14.8. The van der Waals surface area contributed by atoms with Crippen LogP contribution in [0.15, 0.2) is 315 Å². The molecular weight excluding hydrogens is 1560 g/mol. The van der Waals surface area contributed by atoms with Crippen LogP contribution in [0.2, 0.25) is 0 Å². The molecule has 1 aliphatic rings. The molecule has 0 fully saturated rings. The molecular formula is C95H72N16O6S3. The number of hydrogen-bond acceptors (Lipinski definition) is 22.